The molecule has 0 aliphatic carbocycles. The summed E-state index contributed by atoms with van der Waals surface area (Å²) in [4.78, 5) is 2.67. The lowest BCUT2D eigenvalue weighted by molar-refractivity contribution is 0.314. The Morgan fingerprint density at radius 1 is 1.21 bits per heavy atom. The Bertz CT molecular complexity index is 542. The highest BCUT2D eigenvalue weighted by Gasteiger charge is 2.02. The maximum absolute atomic E-state index is 6.01. The summed E-state index contributed by atoms with van der Waals surface area (Å²) < 4.78 is 5.59. The summed E-state index contributed by atoms with van der Waals surface area (Å²) in [7, 11) is 0. The third kappa shape index (κ3) is 4.69. The lowest BCUT2D eigenvalue weighted by Crippen LogP contribution is -2.20. The van der Waals surface area contributed by atoms with E-state index in [4.69, 9.17) is 27.9 Å². The van der Waals surface area contributed by atoms with Crippen LogP contribution in [-0.4, -0.2) is 13.2 Å². The Morgan fingerprint density at radius 2 is 2.05 bits per heavy atom. The summed E-state index contributed by atoms with van der Waals surface area (Å²) in [6.07, 6.45) is 0. The molecule has 2 aromatic rings. The van der Waals surface area contributed by atoms with Gasteiger partial charge in [-0.1, -0.05) is 23.2 Å². The summed E-state index contributed by atoms with van der Waals surface area (Å²) in [6.45, 7) is 4.33. The first-order valence-corrected chi connectivity index (χ1v) is 7.56. The Hall–Kier alpha value is -0.740. The molecule has 0 amide bonds. The number of thiophene rings is 1. The first kappa shape index (κ1) is 14.7. The van der Waals surface area contributed by atoms with Gasteiger partial charge in [-0.3, -0.25) is 0 Å². The van der Waals surface area contributed by atoms with E-state index in [0.29, 0.717) is 22.4 Å². The van der Waals surface area contributed by atoms with Crippen molar-refractivity contribution in [1.82, 2.24) is 5.32 Å². The van der Waals surface area contributed by atoms with Crippen molar-refractivity contribution < 1.29 is 4.74 Å². The van der Waals surface area contributed by atoms with E-state index in [1.54, 1.807) is 18.2 Å². The van der Waals surface area contributed by atoms with Gasteiger partial charge >= 0.3 is 0 Å². The van der Waals surface area contributed by atoms with Crippen LogP contribution in [0.25, 0.3) is 0 Å². The molecule has 1 aromatic heterocycles. The van der Waals surface area contributed by atoms with E-state index >= 15 is 0 Å². The second-order valence-electron chi connectivity index (χ2n) is 4.11. The van der Waals surface area contributed by atoms with Gasteiger partial charge in [0, 0.05) is 27.9 Å². The van der Waals surface area contributed by atoms with Crippen molar-refractivity contribution in [3.63, 3.8) is 0 Å². The number of hydrogen-bond acceptors (Lipinski definition) is 3. The van der Waals surface area contributed by atoms with Crippen LogP contribution in [0.3, 0.4) is 0 Å². The van der Waals surface area contributed by atoms with Gasteiger partial charge in [-0.05, 0) is 37.3 Å². The summed E-state index contributed by atoms with van der Waals surface area (Å²) in [5.41, 5.74) is 0. The summed E-state index contributed by atoms with van der Waals surface area (Å²) in [5.74, 6) is 0.667. The van der Waals surface area contributed by atoms with E-state index in [0.717, 1.165) is 13.1 Å². The minimum Gasteiger partial charge on any atom is -0.491 e. The van der Waals surface area contributed by atoms with Gasteiger partial charge in [0.2, 0.25) is 0 Å². The predicted molar refractivity (Wildman–Crippen MR) is 82.7 cm³/mol. The number of hydrogen-bond donors (Lipinski definition) is 1. The maximum atomic E-state index is 6.01. The molecule has 0 saturated carbocycles. The van der Waals surface area contributed by atoms with Crippen molar-refractivity contribution in [2.24, 2.45) is 0 Å². The smallest absolute Gasteiger partial charge is 0.138 e. The fourth-order valence-electron chi connectivity index (χ4n) is 1.62. The monoisotopic (exact) mass is 315 g/mol. The topological polar surface area (TPSA) is 21.3 Å². The summed E-state index contributed by atoms with van der Waals surface area (Å²) in [5, 5.41) is 4.49. The Balaban J connectivity index is 1.69. The van der Waals surface area contributed by atoms with Crippen LogP contribution in [0.15, 0.2) is 30.3 Å². The van der Waals surface area contributed by atoms with E-state index in [2.05, 4.69) is 24.4 Å². The lowest BCUT2D eigenvalue weighted by atomic mass is 10.3. The van der Waals surface area contributed by atoms with Crippen molar-refractivity contribution in [3.05, 3.63) is 50.1 Å². The van der Waals surface area contributed by atoms with Gasteiger partial charge in [0.25, 0.3) is 0 Å². The molecule has 0 radical (unpaired) electrons. The first-order chi connectivity index (χ1) is 9.15. The zero-order valence-electron chi connectivity index (χ0n) is 10.6. The van der Waals surface area contributed by atoms with Gasteiger partial charge in [-0.15, -0.1) is 11.3 Å². The number of halogens is 2. The highest BCUT2D eigenvalue weighted by atomic mass is 35.5. The van der Waals surface area contributed by atoms with E-state index in [9.17, 15) is 0 Å². The van der Waals surface area contributed by atoms with Gasteiger partial charge < -0.3 is 10.1 Å². The lowest BCUT2D eigenvalue weighted by Gasteiger charge is -2.08. The van der Waals surface area contributed by atoms with Crippen LogP contribution >= 0.6 is 34.5 Å². The molecule has 0 saturated heterocycles. The number of rotatable bonds is 6. The van der Waals surface area contributed by atoms with E-state index in [1.807, 2.05) is 11.3 Å². The second-order valence-corrected chi connectivity index (χ2v) is 6.33. The molecular weight excluding hydrogens is 301 g/mol. The molecule has 1 heterocycles. The minimum absolute atomic E-state index is 0.543. The van der Waals surface area contributed by atoms with Crippen LogP contribution in [-0.2, 0) is 6.54 Å². The molecule has 1 N–H and O–H groups in total. The van der Waals surface area contributed by atoms with Crippen LogP contribution in [0.1, 0.15) is 9.75 Å². The summed E-state index contributed by atoms with van der Waals surface area (Å²) in [6, 6.07) is 9.51. The standard InChI is InChI=1S/C14H15Cl2NOS/c1-10-2-4-12(19-10)9-17-6-7-18-14-5-3-11(15)8-13(14)16/h2-5,8,17H,6-7,9H2,1H3. The van der Waals surface area contributed by atoms with Crippen molar-refractivity contribution >= 4 is 34.5 Å². The summed E-state index contributed by atoms with van der Waals surface area (Å²) >= 11 is 13.6. The Kier molecular flexibility index (Phi) is 5.52. The second kappa shape index (κ2) is 7.15. The highest BCUT2D eigenvalue weighted by molar-refractivity contribution is 7.11. The van der Waals surface area contributed by atoms with Gasteiger partial charge in [-0.2, -0.15) is 0 Å². The largest absolute Gasteiger partial charge is 0.491 e. The first-order valence-electron chi connectivity index (χ1n) is 5.99. The third-order valence-corrected chi connectivity index (χ3v) is 4.06. The Morgan fingerprint density at radius 3 is 2.74 bits per heavy atom. The van der Waals surface area contributed by atoms with Crippen molar-refractivity contribution in [3.8, 4) is 5.75 Å². The van der Waals surface area contributed by atoms with Crippen molar-refractivity contribution in [1.29, 1.82) is 0 Å². The van der Waals surface area contributed by atoms with Gasteiger partial charge in [0.1, 0.15) is 12.4 Å². The SMILES string of the molecule is Cc1ccc(CNCCOc2ccc(Cl)cc2Cl)s1. The molecule has 1 aromatic carbocycles. The van der Waals surface area contributed by atoms with Gasteiger partial charge in [0.05, 0.1) is 5.02 Å². The molecule has 0 fully saturated rings. The quantitative estimate of drug-likeness (QED) is 0.791. The van der Waals surface area contributed by atoms with Crippen LogP contribution in [0.4, 0.5) is 0 Å². The number of aryl methyl sites for hydroxylation is 1. The van der Waals surface area contributed by atoms with Crippen LogP contribution in [0, 0.1) is 6.92 Å². The molecule has 19 heavy (non-hydrogen) atoms. The van der Waals surface area contributed by atoms with Crippen LogP contribution in [0.5, 0.6) is 5.75 Å². The van der Waals surface area contributed by atoms with Gasteiger partial charge in [-0.25, -0.2) is 0 Å². The fourth-order valence-corrected chi connectivity index (χ4v) is 2.94. The minimum atomic E-state index is 0.543. The van der Waals surface area contributed by atoms with E-state index in [1.165, 1.54) is 9.75 Å². The molecule has 5 heteroatoms. The number of nitrogens with one attached hydrogen (secondary N) is 1. The molecule has 2 rings (SSSR count). The van der Waals surface area contributed by atoms with Crippen molar-refractivity contribution in [2.75, 3.05) is 13.2 Å². The predicted octanol–water partition coefficient (Wildman–Crippen LogP) is 4.53. The van der Waals surface area contributed by atoms with E-state index in [-0.39, 0.29) is 0 Å². The zero-order valence-corrected chi connectivity index (χ0v) is 12.9. The molecule has 0 bridgehead atoms. The zero-order chi connectivity index (χ0) is 13.7. The Labute approximate surface area is 127 Å². The molecule has 2 nitrogen and oxygen atoms in total. The molecule has 0 atom stereocenters. The van der Waals surface area contributed by atoms with E-state index < -0.39 is 0 Å². The molecule has 0 aliphatic heterocycles. The van der Waals surface area contributed by atoms with Gasteiger partial charge in [0.15, 0.2) is 0 Å². The average molecular weight is 316 g/mol. The molecule has 0 spiro atoms. The molecule has 0 aliphatic rings. The molecule has 0 unspecified atom stereocenters. The number of benzene rings is 1. The third-order valence-electron chi connectivity index (χ3n) is 2.53. The van der Waals surface area contributed by atoms with Crippen LogP contribution in [0.2, 0.25) is 10.0 Å². The highest BCUT2D eigenvalue weighted by Crippen LogP contribution is 2.27. The molecular formula is C14H15Cl2NOS. The normalized spacial score (nSPS) is 10.7. The maximum Gasteiger partial charge on any atom is 0.138 e. The van der Waals surface area contributed by atoms with Crippen molar-refractivity contribution in [2.45, 2.75) is 13.5 Å². The average Bonchev–Trinajstić information content (AvgIpc) is 2.77. The molecule has 102 valence electrons. The number of ether oxygens (including phenoxy) is 1. The van der Waals surface area contributed by atoms with Crippen LogP contribution < -0.4 is 10.1 Å². The fraction of sp³-hybridized carbons (Fsp3) is 0.286.